The van der Waals surface area contributed by atoms with Crippen LogP contribution in [0.25, 0.3) is 0 Å². The molecule has 0 unspecified atom stereocenters. The molecule has 0 aliphatic carbocycles. The van der Waals surface area contributed by atoms with E-state index in [0.717, 1.165) is 103 Å². The fourth-order valence-electron chi connectivity index (χ4n) is 8.22. The number of carbonyl (C=O) groups is 3. The molecule has 0 N–H and O–H groups in total. The minimum Gasteiger partial charge on any atom is -0.462 e. The van der Waals surface area contributed by atoms with Crippen molar-refractivity contribution in [3.8, 4) is 0 Å². The number of hydrogen-bond acceptors (Lipinski definition) is 6. The molecule has 0 fully saturated rings. The van der Waals surface area contributed by atoms with Crippen LogP contribution in [-0.4, -0.2) is 37.2 Å². The van der Waals surface area contributed by atoms with Gasteiger partial charge in [0.1, 0.15) is 13.2 Å². The molecule has 0 saturated heterocycles. The second-order valence-electron chi connectivity index (χ2n) is 19.6. The van der Waals surface area contributed by atoms with E-state index in [-0.39, 0.29) is 31.1 Å². The van der Waals surface area contributed by atoms with Crippen molar-refractivity contribution in [3.05, 3.63) is 72.9 Å². The topological polar surface area (TPSA) is 78.9 Å². The fraction of sp³-hybridized carbons (Fsp3) is 0.762. The van der Waals surface area contributed by atoms with Crippen LogP contribution in [0, 0.1) is 0 Å². The van der Waals surface area contributed by atoms with Crippen LogP contribution in [0.1, 0.15) is 290 Å². The summed E-state index contributed by atoms with van der Waals surface area (Å²) < 4.78 is 16.9. The molecule has 0 aliphatic rings. The van der Waals surface area contributed by atoms with Crippen LogP contribution in [0.4, 0.5) is 0 Å². The van der Waals surface area contributed by atoms with E-state index in [1.807, 2.05) is 0 Å². The van der Waals surface area contributed by atoms with E-state index < -0.39 is 6.10 Å². The van der Waals surface area contributed by atoms with Crippen molar-refractivity contribution in [1.29, 1.82) is 0 Å². The molecule has 0 aromatic carbocycles. The van der Waals surface area contributed by atoms with Crippen molar-refractivity contribution < 1.29 is 28.6 Å². The number of allylic oxidation sites excluding steroid dienone is 12. The zero-order valence-corrected chi connectivity index (χ0v) is 45.6. The molecule has 6 nitrogen and oxygen atoms in total. The monoisotopic (exact) mass is 963 g/mol. The molecular formula is C63H110O6. The summed E-state index contributed by atoms with van der Waals surface area (Å²) in [5.74, 6) is -0.924. The van der Waals surface area contributed by atoms with Gasteiger partial charge < -0.3 is 14.2 Å². The molecule has 0 spiro atoms. The summed E-state index contributed by atoms with van der Waals surface area (Å²) in [7, 11) is 0. The summed E-state index contributed by atoms with van der Waals surface area (Å²) >= 11 is 0. The quantitative estimate of drug-likeness (QED) is 0.0262. The molecular weight excluding hydrogens is 853 g/mol. The molecule has 6 heteroatoms. The lowest BCUT2D eigenvalue weighted by molar-refractivity contribution is -0.167. The number of unbranched alkanes of at least 4 members (excludes halogenated alkanes) is 30. The molecule has 69 heavy (non-hydrogen) atoms. The van der Waals surface area contributed by atoms with Gasteiger partial charge in [0.05, 0.1) is 0 Å². The van der Waals surface area contributed by atoms with Gasteiger partial charge in [0.2, 0.25) is 0 Å². The van der Waals surface area contributed by atoms with Crippen LogP contribution < -0.4 is 0 Å². The Morgan fingerprint density at radius 3 is 0.855 bits per heavy atom. The fourth-order valence-corrected chi connectivity index (χ4v) is 8.22. The Morgan fingerprint density at radius 2 is 0.522 bits per heavy atom. The molecule has 1 atom stereocenters. The van der Waals surface area contributed by atoms with E-state index in [9.17, 15) is 14.4 Å². The molecule has 0 aliphatic heterocycles. The zero-order chi connectivity index (χ0) is 50.0. The van der Waals surface area contributed by atoms with Crippen molar-refractivity contribution in [3.63, 3.8) is 0 Å². The third-order valence-electron chi connectivity index (χ3n) is 12.7. The molecule has 0 amide bonds. The Labute approximate surface area is 427 Å². The highest BCUT2D eigenvalue weighted by Crippen LogP contribution is 2.16. The average Bonchev–Trinajstić information content (AvgIpc) is 3.35. The van der Waals surface area contributed by atoms with Gasteiger partial charge in [-0.3, -0.25) is 14.4 Å². The minimum absolute atomic E-state index is 0.0910. The maximum absolute atomic E-state index is 12.9. The van der Waals surface area contributed by atoms with Crippen molar-refractivity contribution in [1.82, 2.24) is 0 Å². The van der Waals surface area contributed by atoms with E-state index >= 15 is 0 Å². The minimum atomic E-state index is -0.793. The van der Waals surface area contributed by atoms with Crippen LogP contribution in [0.15, 0.2) is 72.9 Å². The van der Waals surface area contributed by atoms with Crippen molar-refractivity contribution in [2.24, 2.45) is 0 Å². The number of carbonyl (C=O) groups excluding carboxylic acids is 3. The highest BCUT2D eigenvalue weighted by Gasteiger charge is 2.19. The summed E-state index contributed by atoms with van der Waals surface area (Å²) in [5, 5.41) is 0. The molecule has 398 valence electrons. The molecule has 0 heterocycles. The van der Waals surface area contributed by atoms with E-state index in [1.165, 1.54) is 148 Å². The standard InChI is InChI=1S/C63H110O6/c1-4-7-10-13-16-19-22-25-28-30-31-33-35-38-41-44-47-50-53-56-62(65)68-59-60(58-67-61(64)55-52-49-46-43-40-37-34-27-24-21-18-15-12-9-6-3)69-63(66)57-54-51-48-45-42-39-36-32-29-26-23-20-17-14-11-8-5-2/h16,18-19,21,25,27-28,31,33-34,38,41,60H,4-15,17,20,22-24,26,29-30,32,35-37,39-40,42-59H2,1-3H3/b19-16-,21-18-,28-25-,33-31-,34-27-,41-38-/t60-/m1/s1. The normalized spacial score (nSPS) is 12.6. The highest BCUT2D eigenvalue weighted by molar-refractivity contribution is 5.71. The second-order valence-corrected chi connectivity index (χ2v) is 19.6. The molecule has 0 rings (SSSR count). The van der Waals surface area contributed by atoms with E-state index in [2.05, 4.69) is 93.7 Å². The summed E-state index contributed by atoms with van der Waals surface area (Å²) in [6, 6.07) is 0. The van der Waals surface area contributed by atoms with Gasteiger partial charge in [0, 0.05) is 19.3 Å². The van der Waals surface area contributed by atoms with Crippen LogP contribution >= 0.6 is 0 Å². The first kappa shape index (κ1) is 65.8. The molecule has 0 aromatic rings. The summed E-state index contributed by atoms with van der Waals surface area (Å²) in [4.78, 5) is 38.2. The SMILES string of the molecule is CCCCC/C=C\C/C=C\C/C=C\C/C=C\CCCCCC(=O)OC[C@@H](COC(=O)CCCCCCC/C=C\C/C=C\CCCCC)OC(=O)CCCCCCCCCCCCCCCCCCC. The van der Waals surface area contributed by atoms with Gasteiger partial charge in [-0.25, -0.2) is 0 Å². The number of hydrogen-bond donors (Lipinski definition) is 0. The van der Waals surface area contributed by atoms with E-state index in [0.29, 0.717) is 19.3 Å². The summed E-state index contributed by atoms with van der Waals surface area (Å²) in [6.07, 6.45) is 73.1. The first-order chi connectivity index (χ1) is 34.0. The maximum atomic E-state index is 12.9. The van der Waals surface area contributed by atoms with Crippen molar-refractivity contribution >= 4 is 17.9 Å². The van der Waals surface area contributed by atoms with Gasteiger partial charge >= 0.3 is 17.9 Å². The maximum Gasteiger partial charge on any atom is 0.306 e. The van der Waals surface area contributed by atoms with Crippen LogP contribution in [-0.2, 0) is 28.6 Å². The highest BCUT2D eigenvalue weighted by atomic mass is 16.6. The Bertz CT molecular complexity index is 1290. The number of esters is 3. The van der Waals surface area contributed by atoms with Gasteiger partial charge in [0.15, 0.2) is 6.10 Å². The van der Waals surface area contributed by atoms with Crippen LogP contribution in [0.5, 0.6) is 0 Å². The number of rotatable bonds is 53. The third-order valence-corrected chi connectivity index (χ3v) is 12.7. The molecule has 0 aromatic heterocycles. The van der Waals surface area contributed by atoms with Crippen LogP contribution in [0.2, 0.25) is 0 Å². The Hall–Kier alpha value is -3.15. The lowest BCUT2D eigenvalue weighted by Gasteiger charge is -2.18. The third kappa shape index (κ3) is 55.6. The van der Waals surface area contributed by atoms with Crippen molar-refractivity contribution in [2.45, 2.75) is 297 Å². The lowest BCUT2D eigenvalue weighted by Crippen LogP contribution is -2.30. The summed E-state index contributed by atoms with van der Waals surface area (Å²) in [5.41, 5.74) is 0. The predicted molar refractivity (Wildman–Crippen MR) is 298 cm³/mol. The van der Waals surface area contributed by atoms with Gasteiger partial charge in [-0.2, -0.15) is 0 Å². The smallest absolute Gasteiger partial charge is 0.306 e. The van der Waals surface area contributed by atoms with Crippen LogP contribution in [0.3, 0.4) is 0 Å². The predicted octanol–water partition coefficient (Wildman–Crippen LogP) is 19.8. The van der Waals surface area contributed by atoms with Gasteiger partial charge in [-0.1, -0.05) is 248 Å². The first-order valence-electron chi connectivity index (χ1n) is 29.4. The number of ether oxygens (including phenoxy) is 3. The Balaban J connectivity index is 4.44. The van der Waals surface area contributed by atoms with Gasteiger partial charge in [-0.15, -0.1) is 0 Å². The Kier molecular flexibility index (Phi) is 54.8. The Morgan fingerprint density at radius 1 is 0.290 bits per heavy atom. The van der Waals surface area contributed by atoms with Gasteiger partial charge in [-0.05, 0) is 96.3 Å². The molecule has 0 saturated carbocycles. The lowest BCUT2D eigenvalue weighted by atomic mass is 10.0. The average molecular weight is 964 g/mol. The largest absolute Gasteiger partial charge is 0.462 e. The molecule has 0 radical (unpaired) electrons. The van der Waals surface area contributed by atoms with Crippen molar-refractivity contribution in [2.75, 3.05) is 13.2 Å². The van der Waals surface area contributed by atoms with E-state index in [4.69, 9.17) is 14.2 Å². The first-order valence-corrected chi connectivity index (χ1v) is 29.4. The van der Waals surface area contributed by atoms with Gasteiger partial charge in [0.25, 0.3) is 0 Å². The second kappa shape index (κ2) is 57.4. The summed E-state index contributed by atoms with van der Waals surface area (Å²) in [6.45, 7) is 6.57. The zero-order valence-electron chi connectivity index (χ0n) is 45.6. The van der Waals surface area contributed by atoms with E-state index in [1.54, 1.807) is 0 Å². The molecule has 0 bridgehead atoms.